The summed E-state index contributed by atoms with van der Waals surface area (Å²) in [5.41, 5.74) is 6.52. The van der Waals surface area contributed by atoms with E-state index in [1.165, 1.54) is 44.0 Å². The van der Waals surface area contributed by atoms with Gasteiger partial charge in [0.05, 0.1) is 11.3 Å². The minimum Gasteiger partial charge on any atom is -0.481 e. The number of aliphatic carboxylic acids is 1. The third-order valence-corrected chi connectivity index (χ3v) is 7.73. The molecule has 0 aliphatic heterocycles. The van der Waals surface area contributed by atoms with Crippen LogP contribution in [0.2, 0.25) is 0 Å². The Hall–Kier alpha value is -2.57. The van der Waals surface area contributed by atoms with E-state index in [9.17, 15) is 9.59 Å². The van der Waals surface area contributed by atoms with Gasteiger partial charge in [-0.3, -0.25) is 9.59 Å². The maximum atomic E-state index is 12.2. The van der Waals surface area contributed by atoms with Crippen molar-refractivity contribution in [1.29, 1.82) is 0 Å². The fourth-order valence-corrected chi connectivity index (χ4v) is 5.76. The van der Waals surface area contributed by atoms with Crippen LogP contribution in [0.25, 0.3) is 11.1 Å². The molecule has 174 valence electrons. The third-order valence-electron chi connectivity index (χ3n) is 5.44. The van der Waals surface area contributed by atoms with Gasteiger partial charge in [-0.25, -0.2) is 0 Å². The van der Waals surface area contributed by atoms with Crippen LogP contribution in [-0.2, 0) is 16.0 Å². The first kappa shape index (κ1) is 25.1. The van der Waals surface area contributed by atoms with Crippen LogP contribution in [-0.4, -0.2) is 23.5 Å². The van der Waals surface area contributed by atoms with E-state index >= 15 is 0 Å². The van der Waals surface area contributed by atoms with Crippen molar-refractivity contribution in [3.8, 4) is 11.1 Å². The summed E-state index contributed by atoms with van der Waals surface area (Å²) in [6.45, 7) is 11.1. The van der Waals surface area contributed by atoms with E-state index in [1.54, 1.807) is 17.8 Å². The molecule has 6 heteroatoms. The molecule has 0 saturated heterocycles. The highest BCUT2D eigenvalue weighted by Gasteiger charge is 2.15. The molecule has 0 spiro atoms. The first-order valence-corrected chi connectivity index (χ1v) is 12.8. The zero-order valence-electron chi connectivity index (χ0n) is 19.8. The zero-order chi connectivity index (χ0) is 24.2. The summed E-state index contributed by atoms with van der Waals surface area (Å²) in [6, 6.07) is 17.1. The van der Waals surface area contributed by atoms with Gasteiger partial charge in [-0.15, -0.1) is 23.1 Å². The van der Waals surface area contributed by atoms with Crippen LogP contribution in [0, 0.1) is 13.8 Å². The number of carboxylic acid groups (broad SMARTS) is 1. The van der Waals surface area contributed by atoms with Crippen molar-refractivity contribution in [3.63, 3.8) is 0 Å². The highest BCUT2D eigenvalue weighted by molar-refractivity contribution is 7.98. The first-order valence-electron chi connectivity index (χ1n) is 11.0. The number of rotatable bonds is 8. The number of nitrogens with one attached hydrogen (secondary N) is 1. The molecule has 3 aromatic rings. The molecular formula is C27H31NO3S2. The van der Waals surface area contributed by atoms with Gasteiger partial charge in [0.1, 0.15) is 0 Å². The largest absolute Gasteiger partial charge is 0.481 e. The van der Waals surface area contributed by atoms with Crippen LogP contribution < -0.4 is 5.32 Å². The van der Waals surface area contributed by atoms with E-state index in [-0.39, 0.29) is 24.3 Å². The molecule has 0 saturated carbocycles. The van der Waals surface area contributed by atoms with Gasteiger partial charge in [0.15, 0.2) is 0 Å². The van der Waals surface area contributed by atoms with Gasteiger partial charge < -0.3 is 10.4 Å². The van der Waals surface area contributed by atoms with E-state index in [2.05, 4.69) is 76.3 Å². The lowest BCUT2D eigenvalue weighted by molar-refractivity contribution is -0.136. The number of hydrogen-bond acceptors (Lipinski definition) is 4. The smallest absolute Gasteiger partial charge is 0.305 e. The van der Waals surface area contributed by atoms with Crippen molar-refractivity contribution in [2.75, 3.05) is 6.54 Å². The van der Waals surface area contributed by atoms with E-state index in [1.807, 2.05) is 6.07 Å². The van der Waals surface area contributed by atoms with Gasteiger partial charge in [-0.2, -0.15) is 0 Å². The van der Waals surface area contributed by atoms with Gasteiger partial charge in [0.2, 0.25) is 0 Å². The maximum Gasteiger partial charge on any atom is 0.305 e. The lowest BCUT2D eigenvalue weighted by atomic mass is 9.85. The summed E-state index contributed by atoms with van der Waals surface area (Å²) in [4.78, 5) is 25.7. The Balaban J connectivity index is 1.66. The predicted molar refractivity (Wildman–Crippen MR) is 139 cm³/mol. The fourth-order valence-electron chi connectivity index (χ4n) is 3.70. The number of carbonyl (C=O) groups is 2. The number of thiophene rings is 1. The Labute approximate surface area is 204 Å². The van der Waals surface area contributed by atoms with Crippen molar-refractivity contribution >= 4 is 35.0 Å². The summed E-state index contributed by atoms with van der Waals surface area (Å²) < 4.78 is 0. The molecule has 33 heavy (non-hydrogen) atoms. The molecule has 1 amide bonds. The Morgan fingerprint density at radius 3 is 2.21 bits per heavy atom. The lowest BCUT2D eigenvalue weighted by Crippen LogP contribution is -2.25. The molecule has 0 aliphatic rings. The number of hydrogen-bond donors (Lipinski definition) is 2. The van der Waals surface area contributed by atoms with Crippen molar-refractivity contribution in [1.82, 2.24) is 5.32 Å². The Kier molecular flexibility index (Phi) is 8.03. The van der Waals surface area contributed by atoms with Crippen molar-refractivity contribution < 1.29 is 14.7 Å². The van der Waals surface area contributed by atoms with Crippen molar-refractivity contribution in [3.05, 3.63) is 75.0 Å². The van der Waals surface area contributed by atoms with Gasteiger partial charge in [-0.05, 0) is 71.3 Å². The molecule has 2 N–H and O–H groups in total. The summed E-state index contributed by atoms with van der Waals surface area (Å²) in [5, 5.41) is 11.3. The normalized spacial score (nSPS) is 11.4. The molecule has 0 aliphatic carbocycles. The minimum atomic E-state index is -0.919. The minimum absolute atomic E-state index is 0.0742. The number of carbonyl (C=O) groups excluding carboxylic acids is 1. The first-order chi connectivity index (χ1) is 15.5. The molecule has 0 radical (unpaired) electrons. The van der Waals surface area contributed by atoms with Crippen molar-refractivity contribution in [2.45, 2.75) is 57.1 Å². The van der Waals surface area contributed by atoms with Gasteiger partial charge >= 0.3 is 5.97 Å². The predicted octanol–water partition coefficient (Wildman–Crippen LogP) is 6.83. The highest BCUT2D eigenvalue weighted by atomic mass is 32.2. The molecule has 4 nitrogen and oxygen atoms in total. The fraction of sp³-hybridized carbons (Fsp3) is 0.333. The van der Waals surface area contributed by atoms with Gasteiger partial charge in [0, 0.05) is 22.1 Å². The number of aryl methyl sites for hydroxylation is 2. The second kappa shape index (κ2) is 10.6. The summed E-state index contributed by atoms with van der Waals surface area (Å²) >= 11 is 3.21. The Morgan fingerprint density at radius 1 is 1.00 bits per heavy atom. The summed E-state index contributed by atoms with van der Waals surface area (Å²) in [7, 11) is 0. The highest BCUT2D eigenvalue weighted by Crippen LogP contribution is 2.35. The van der Waals surface area contributed by atoms with Gasteiger partial charge in [-0.1, -0.05) is 45.0 Å². The molecule has 1 heterocycles. The molecule has 1 aromatic heterocycles. The van der Waals surface area contributed by atoms with Gasteiger partial charge in [0.25, 0.3) is 5.91 Å². The summed E-state index contributed by atoms with van der Waals surface area (Å²) in [5.74, 6) is -0.353. The van der Waals surface area contributed by atoms with Crippen LogP contribution >= 0.6 is 23.1 Å². The van der Waals surface area contributed by atoms with Crippen LogP contribution in [0.4, 0.5) is 0 Å². The van der Waals surface area contributed by atoms with Crippen molar-refractivity contribution in [2.24, 2.45) is 0 Å². The zero-order valence-corrected chi connectivity index (χ0v) is 21.5. The second-order valence-electron chi connectivity index (χ2n) is 9.21. The quantitative estimate of drug-likeness (QED) is 0.346. The molecule has 0 atom stereocenters. The molecule has 2 aromatic carbocycles. The van der Waals surface area contributed by atoms with Crippen LogP contribution in [0.3, 0.4) is 0 Å². The monoisotopic (exact) mass is 481 g/mol. The molecule has 0 bridgehead atoms. The number of thioether (sulfide) groups is 1. The van der Waals surface area contributed by atoms with Crippen LogP contribution in [0.15, 0.2) is 53.4 Å². The average Bonchev–Trinajstić information content (AvgIpc) is 3.20. The maximum absolute atomic E-state index is 12.2. The molecule has 3 rings (SSSR count). The second-order valence-corrected chi connectivity index (χ2v) is 11.4. The lowest BCUT2D eigenvalue weighted by Gasteiger charge is -2.20. The Bertz CT molecular complexity index is 1120. The third kappa shape index (κ3) is 6.71. The Morgan fingerprint density at radius 2 is 1.64 bits per heavy atom. The number of benzene rings is 2. The number of carboxylic acids is 1. The van der Waals surface area contributed by atoms with Crippen LogP contribution in [0.5, 0.6) is 0 Å². The average molecular weight is 482 g/mol. The van der Waals surface area contributed by atoms with E-state index in [4.69, 9.17) is 5.11 Å². The molecule has 0 unspecified atom stereocenters. The molecule has 0 fully saturated rings. The standard InChI is InChI=1S/C27H31NO3S2/c1-17-14-22(15-18(2)25(17)19-6-8-20(9-7-19)27(3,4)5)32-16-21-10-11-23(33-21)26(31)28-13-12-24(29)30/h6-11,14-15H,12-13,16H2,1-5H3,(H,28,31)(H,29,30). The van der Waals surface area contributed by atoms with E-state index in [0.29, 0.717) is 4.88 Å². The number of amides is 1. The van der Waals surface area contributed by atoms with Crippen LogP contribution in [0.1, 0.15) is 58.4 Å². The van der Waals surface area contributed by atoms with E-state index < -0.39 is 5.97 Å². The molecular weight excluding hydrogens is 450 g/mol. The van der Waals surface area contributed by atoms with E-state index in [0.717, 1.165) is 10.6 Å². The topological polar surface area (TPSA) is 66.4 Å². The SMILES string of the molecule is Cc1cc(SCc2ccc(C(=O)NCCC(=O)O)s2)cc(C)c1-c1ccc(C(C)(C)C)cc1. The summed E-state index contributed by atoms with van der Waals surface area (Å²) in [6.07, 6.45) is -0.0742.